The van der Waals surface area contributed by atoms with Crippen LogP contribution >= 0.6 is 0 Å². The number of hydrogen-bond donors (Lipinski definition) is 2. The van der Waals surface area contributed by atoms with Gasteiger partial charge in [0.25, 0.3) is 5.91 Å². The van der Waals surface area contributed by atoms with Crippen LogP contribution in [0.5, 0.6) is 0 Å². The van der Waals surface area contributed by atoms with Crippen LogP contribution < -0.4 is 10.6 Å². The molecule has 1 fully saturated rings. The van der Waals surface area contributed by atoms with Gasteiger partial charge in [0.2, 0.25) is 0 Å². The van der Waals surface area contributed by atoms with E-state index in [4.69, 9.17) is 0 Å². The highest BCUT2D eigenvalue weighted by Gasteiger charge is 2.21. The average Bonchev–Trinajstić information content (AvgIpc) is 3.26. The Morgan fingerprint density at radius 3 is 2.71 bits per heavy atom. The second kappa shape index (κ2) is 5.56. The van der Waals surface area contributed by atoms with Crippen LogP contribution in [0.25, 0.3) is 0 Å². The van der Waals surface area contributed by atoms with E-state index in [1.54, 1.807) is 12.4 Å². The molecule has 1 saturated carbocycles. The van der Waals surface area contributed by atoms with E-state index in [9.17, 15) is 4.79 Å². The second-order valence-corrected chi connectivity index (χ2v) is 5.65. The van der Waals surface area contributed by atoms with E-state index in [2.05, 4.69) is 21.7 Å². The summed E-state index contributed by atoms with van der Waals surface area (Å²) in [4.78, 5) is 16.5. The molecule has 4 nitrogen and oxygen atoms in total. The topological polar surface area (TPSA) is 54.0 Å². The molecule has 1 aliphatic rings. The maximum atomic E-state index is 12.3. The fourth-order valence-corrected chi connectivity index (χ4v) is 2.25. The first-order chi connectivity index (χ1) is 10.1. The summed E-state index contributed by atoms with van der Waals surface area (Å²) < 4.78 is 0. The predicted molar refractivity (Wildman–Crippen MR) is 84.8 cm³/mol. The Hall–Kier alpha value is -2.36. The summed E-state index contributed by atoms with van der Waals surface area (Å²) in [5.74, 6) is -0.131. The van der Waals surface area contributed by atoms with Gasteiger partial charge in [-0.15, -0.1) is 0 Å². The third-order valence-electron chi connectivity index (χ3n) is 3.58. The molecule has 0 unspecified atom stereocenters. The highest BCUT2D eigenvalue weighted by molar-refractivity contribution is 6.04. The van der Waals surface area contributed by atoms with Crippen molar-refractivity contribution in [1.82, 2.24) is 4.98 Å². The van der Waals surface area contributed by atoms with Gasteiger partial charge in [0, 0.05) is 24.1 Å². The van der Waals surface area contributed by atoms with Crippen molar-refractivity contribution >= 4 is 17.3 Å². The molecule has 4 heteroatoms. The van der Waals surface area contributed by atoms with Crippen molar-refractivity contribution < 1.29 is 4.79 Å². The lowest BCUT2D eigenvalue weighted by molar-refractivity contribution is 0.102. The first-order valence-corrected chi connectivity index (χ1v) is 7.22. The molecule has 2 N–H and O–H groups in total. The lowest BCUT2D eigenvalue weighted by Crippen LogP contribution is -2.14. The van der Waals surface area contributed by atoms with Gasteiger partial charge >= 0.3 is 0 Å². The number of aryl methyl sites for hydroxylation is 2. The molecule has 1 amide bonds. The Bertz CT molecular complexity index is 677. The molecule has 1 aliphatic carbocycles. The van der Waals surface area contributed by atoms with Crippen molar-refractivity contribution in [3.63, 3.8) is 0 Å². The normalized spacial score (nSPS) is 13.8. The van der Waals surface area contributed by atoms with Crippen LogP contribution in [0.15, 0.2) is 36.7 Å². The minimum Gasteiger partial charge on any atom is -0.381 e. The van der Waals surface area contributed by atoms with Crippen LogP contribution in [-0.4, -0.2) is 16.9 Å². The molecule has 0 bridgehead atoms. The molecule has 0 radical (unpaired) electrons. The number of pyridine rings is 1. The number of anilines is 2. The summed E-state index contributed by atoms with van der Waals surface area (Å²) in [6.07, 6.45) is 5.74. The fourth-order valence-electron chi connectivity index (χ4n) is 2.25. The molecule has 0 saturated heterocycles. The molecule has 0 aliphatic heterocycles. The zero-order valence-corrected chi connectivity index (χ0v) is 12.3. The van der Waals surface area contributed by atoms with Gasteiger partial charge in [-0.2, -0.15) is 0 Å². The van der Waals surface area contributed by atoms with Crippen molar-refractivity contribution in [1.29, 1.82) is 0 Å². The zero-order chi connectivity index (χ0) is 14.8. The van der Waals surface area contributed by atoms with Gasteiger partial charge in [0.05, 0.1) is 11.3 Å². The third kappa shape index (κ3) is 3.40. The lowest BCUT2D eigenvalue weighted by atomic mass is 10.1. The largest absolute Gasteiger partial charge is 0.381 e. The average molecular weight is 281 g/mol. The molecular formula is C17H19N3O. The van der Waals surface area contributed by atoms with Crippen LogP contribution in [0.3, 0.4) is 0 Å². The molecule has 2 aromatic rings. The van der Waals surface area contributed by atoms with Crippen molar-refractivity contribution in [3.8, 4) is 0 Å². The molecule has 1 aromatic carbocycles. The summed E-state index contributed by atoms with van der Waals surface area (Å²) in [7, 11) is 0. The number of nitrogens with zero attached hydrogens (tertiary/aromatic N) is 1. The van der Waals surface area contributed by atoms with E-state index >= 15 is 0 Å². The molecule has 0 atom stereocenters. The molecule has 108 valence electrons. The number of nitrogens with one attached hydrogen (secondary N) is 2. The number of benzene rings is 1. The van der Waals surface area contributed by atoms with Crippen molar-refractivity contribution in [2.45, 2.75) is 32.7 Å². The SMILES string of the molecule is Cc1ccc(NC(=O)c2cncc(NC3CC3)c2)c(C)c1. The Kier molecular flexibility index (Phi) is 3.60. The molecular weight excluding hydrogens is 262 g/mol. The minimum atomic E-state index is -0.131. The molecule has 1 heterocycles. The van der Waals surface area contributed by atoms with Crippen LogP contribution in [0.2, 0.25) is 0 Å². The van der Waals surface area contributed by atoms with Crippen LogP contribution in [0, 0.1) is 13.8 Å². The number of aromatic nitrogens is 1. The number of rotatable bonds is 4. The first kappa shape index (κ1) is 13.6. The Balaban J connectivity index is 1.75. The summed E-state index contributed by atoms with van der Waals surface area (Å²) in [5.41, 5.74) is 4.56. The lowest BCUT2D eigenvalue weighted by Gasteiger charge is -2.10. The highest BCUT2D eigenvalue weighted by atomic mass is 16.1. The van der Waals surface area contributed by atoms with Gasteiger partial charge in [0.15, 0.2) is 0 Å². The van der Waals surface area contributed by atoms with E-state index in [1.807, 2.05) is 32.0 Å². The Morgan fingerprint density at radius 2 is 2.00 bits per heavy atom. The summed E-state index contributed by atoms with van der Waals surface area (Å²) in [5, 5.41) is 6.29. The maximum Gasteiger partial charge on any atom is 0.257 e. The summed E-state index contributed by atoms with van der Waals surface area (Å²) in [6.45, 7) is 4.03. The molecule has 0 spiro atoms. The fraction of sp³-hybridized carbons (Fsp3) is 0.294. The smallest absolute Gasteiger partial charge is 0.257 e. The van der Waals surface area contributed by atoms with Crippen LogP contribution in [0.1, 0.15) is 34.3 Å². The second-order valence-electron chi connectivity index (χ2n) is 5.65. The van der Waals surface area contributed by atoms with Gasteiger partial charge in [0.1, 0.15) is 0 Å². The maximum absolute atomic E-state index is 12.3. The van der Waals surface area contributed by atoms with E-state index in [1.165, 1.54) is 18.4 Å². The quantitative estimate of drug-likeness (QED) is 0.901. The van der Waals surface area contributed by atoms with Crippen molar-refractivity contribution in [3.05, 3.63) is 53.3 Å². The van der Waals surface area contributed by atoms with Gasteiger partial charge in [-0.05, 0) is 44.4 Å². The minimum absolute atomic E-state index is 0.131. The van der Waals surface area contributed by atoms with Crippen molar-refractivity contribution in [2.24, 2.45) is 0 Å². The van der Waals surface area contributed by atoms with Gasteiger partial charge in [-0.25, -0.2) is 0 Å². The Labute approximate surface area is 124 Å². The van der Waals surface area contributed by atoms with E-state index < -0.39 is 0 Å². The van der Waals surface area contributed by atoms with E-state index in [-0.39, 0.29) is 5.91 Å². The van der Waals surface area contributed by atoms with Gasteiger partial charge in [-0.3, -0.25) is 9.78 Å². The molecule has 1 aromatic heterocycles. The number of hydrogen-bond acceptors (Lipinski definition) is 3. The Morgan fingerprint density at radius 1 is 1.19 bits per heavy atom. The third-order valence-corrected chi connectivity index (χ3v) is 3.58. The highest BCUT2D eigenvalue weighted by Crippen LogP contribution is 2.24. The van der Waals surface area contributed by atoms with Crippen molar-refractivity contribution in [2.75, 3.05) is 10.6 Å². The number of carbonyl (C=O) groups excluding carboxylic acids is 1. The van der Waals surface area contributed by atoms with Gasteiger partial charge in [-0.1, -0.05) is 17.7 Å². The van der Waals surface area contributed by atoms with E-state index in [0.29, 0.717) is 11.6 Å². The zero-order valence-electron chi connectivity index (χ0n) is 12.3. The molecule has 3 rings (SSSR count). The predicted octanol–water partition coefficient (Wildman–Crippen LogP) is 3.53. The number of carbonyl (C=O) groups is 1. The first-order valence-electron chi connectivity index (χ1n) is 7.22. The summed E-state index contributed by atoms with van der Waals surface area (Å²) in [6, 6.07) is 8.38. The standard InChI is InChI=1S/C17H19N3O/c1-11-3-6-16(12(2)7-11)20-17(21)13-8-15(10-18-9-13)19-14-4-5-14/h3,6-10,14,19H,4-5H2,1-2H3,(H,20,21). The monoisotopic (exact) mass is 281 g/mol. The van der Waals surface area contributed by atoms with Crippen LogP contribution in [-0.2, 0) is 0 Å². The van der Waals surface area contributed by atoms with E-state index in [0.717, 1.165) is 16.9 Å². The number of amides is 1. The van der Waals surface area contributed by atoms with Crippen LogP contribution in [0.4, 0.5) is 11.4 Å². The summed E-state index contributed by atoms with van der Waals surface area (Å²) >= 11 is 0. The van der Waals surface area contributed by atoms with Gasteiger partial charge < -0.3 is 10.6 Å². The molecule has 21 heavy (non-hydrogen) atoms.